The minimum atomic E-state index is 0.335. The number of nitrogens with one attached hydrogen (secondary N) is 1. The number of hydrogen-bond acceptors (Lipinski definition) is 4. The van der Waals surface area contributed by atoms with Gasteiger partial charge in [-0.3, -0.25) is 0 Å². The molecule has 1 heterocycles. The van der Waals surface area contributed by atoms with E-state index in [9.17, 15) is 0 Å². The van der Waals surface area contributed by atoms with Gasteiger partial charge in [-0.2, -0.15) is 0 Å². The number of aromatic nitrogens is 2. The van der Waals surface area contributed by atoms with Crippen molar-refractivity contribution in [1.29, 1.82) is 0 Å². The van der Waals surface area contributed by atoms with E-state index in [0.717, 1.165) is 23.9 Å². The molecule has 0 fully saturated rings. The molecular weight excluding hydrogens is 272 g/mol. The van der Waals surface area contributed by atoms with E-state index in [1.807, 2.05) is 13.0 Å². The van der Waals surface area contributed by atoms with Gasteiger partial charge in [-0.1, -0.05) is 19.9 Å². The van der Waals surface area contributed by atoms with Crippen LogP contribution in [0.3, 0.4) is 0 Å². The normalized spacial score (nSPS) is 10.9. The van der Waals surface area contributed by atoms with Gasteiger partial charge in [0.15, 0.2) is 0 Å². The van der Waals surface area contributed by atoms with E-state index >= 15 is 0 Å². The van der Waals surface area contributed by atoms with Gasteiger partial charge in [0, 0.05) is 44.0 Å². The predicted molar refractivity (Wildman–Crippen MR) is 93.7 cm³/mol. The molecule has 0 saturated carbocycles. The first-order valence-electron chi connectivity index (χ1n) is 7.73. The first kappa shape index (κ1) is 16.3. The van der Waals surface area contributed by atoms with Crippen LogP contribution in [0.2, 0.25) is 0 Å². The minimum absolute atomic E-state index is 0.335. The van der Waals surface area contributed by atoms with E-state index in [-0.39, 0.29) is 0 Å². The molecule has 0 spiro atoms. The molecule has 1 aromatic carbocycles. The third kappa shape index (κ3) is 3.97. The standard InChI is InChI=1S/C18H26N4/c1-12(2)18-20-14(4)10-17(21-18)19-11-15-7-8-16(22(5)6)9-13(15)3/h7-10,12H,11H2,1-6H3,(H,19,20,21). The second kappa shape index (κ2) is 6.77. The largest absolute Gasteiger partial charge is 0.378 e. The van der Waals surface area contributed by atoms with Gasteiger partial charge >= 0.3 is 0 Å². The zero-order chi connectivity index (χ0) is 16.3. The van der Waals surface area contributed by atoms with Crippen LogP contribution in [0, 0.1) is 13.8 Å². The molecule has 0 unspecified atom stereocenters. The van der Waals surface area contributed by atoms with Gasteiger partial charge in [0.1, 0.15) is 11.6 Å². The first-order valence-corrected chi connectivity index (χ1v) is 7.73. The summed E-state index contributed by atoms with van der Waals surface area (Å²) < 4.78 is 0. The van der Waals surface area contributed by atoms with E-state index in [0.29, 0.717) is 5.92 Å². The van der Waals surface area contributed by atoms with Crippen LogP contribution < -0.4 is 10.2 Å². The molecule has 22 heavy (non-hydrogen) atoms. The summed E-state index contributed by atoms with van der Waals surface area (Å²) >= 11 is 0. The summed E-state index contributed by atoms with van der Waals surface area (Å²) in [6, 6.07) is 8.53. The molecule has 118 valence electrons. The summed E-state index contributed by atoms with van der Waals surface area (Å²) in [5, 5.41) is 3.42. The van der Waals surface area contributed by atoms with Crippen molar-refractivity contribution in [2.75, 3.05) is 24.3 Å². The van der Waals surface area contributed by atoms with Crippen LogP contribution in [0.15, 0.2) is 24.3 Å². The van der Waals surface area contributed by atoms with Gasteiger partial charge in [0.25, 0.3) is 0 Å². The van der Waals surface area contributed by atoms with E-state index in [1.165, 1.54) is 16.8 Å². The monoisotopic (exact) mass is 298 g/mol. The SMILES string of the molecule is Cc1cc(NCc2ccc(N(C)C)cc2C)nc(C(C)C)n1. The third-order valence-corrected chi connectivity index (χ3v) is 3.69. The molecule has 1 aromatic heterocycles. The molecule has 2 rings (SSSR count). The zero-order valence-corrected chi connectivity index (χ0v) is 14.4. The van der Waals surface area contributed by atoms with Crippen molar-refractivity contribution < 1.29 is 0 Å². The quantitative estimate of drug-likeness (QED) is 0.909. The van der Waals surface area contributed by atoms with Crippen LogP contribution in [0.5, 0.6) is 0 Å². The van der Waals surface area contributed by atoms with Gasteiger partial charge in [-0.25, -0.2) is 9.97 Å². The average molecular weight is 298 g/mol. The van der Waals surface area contributed by atoms with Gasteiger partial charge in [0.2, 0.25) is 0 Å². The molecule has 0 aliphatic carbocycles. The molecule has 0 saturated heterocycles. The number of benzene rings is 1. The lowest BCUT2D eigenvalue weighted by Gasteiger charge is -2.16. The van der Waals surface area contributed by atoms with Crippen molar-refractivity contribution in [3.8, 4) is 0 Å². The van der Waals surface area contributed by atoms with Crippen molar-refractivity contribution in [3.05, 3.63) is 46.9 Å². The Labute approximate surface area is 133 Å². The lowest BCUT2D eigenvalue weighted by atomic mass is 10.1. The smallest absolute Gasteiger partial charge is 0.133 e. The van der Waals surface area contributed by atoms with Gasteiger partial charge in [-0.15, -0.1) is 0 Å². The molecule has 1 N–H and O–H groups in total. The van der Waals surface area contributed by atoms with Crippen molar-refractivity contribution in [2.24, 2.45) is 0 Å². The topological polar surface area (TPSA) is 41.0 Å². The molecule has 0 aliphatic rings. The highest BCUT2D eigenvalue weighted by molar-refractivity contribution is 5.50. The minimum Gasteiger partial charge on any atom is -0.378 e. The lowest BCUT2D eigenvalue weighted by molar-refractivity contribution is 0.766. The zero-order valence-electron chi connectivity index (χ0n) is 14.4. The molecule has 0 bridgehead atoms. The summed E-state index contributed by atoms with van der Waals surface area (Å²) in [4.78, 5) is 11.2. The Balaban J connectivity index is 2.13. The highest BCUT2D eigenvalue weighted by Gasteiger charge is 2.07. The van der Waals surface area contributed by atoms with Gasteiger partial charge in [-0.05, 0) is 37.1 Å². The lowest BCUT2D eigenvalue weighted by Crippen LogP contribution is -2.10. The van der Waals surface area contributed by atoms with E-state index in [2.05, 4.69) is 73.3 Å². The molecule has 4 nitrogen and oxygen atoms in total. The van der Waals surface area contributed by atoms with Crippen LogP contribution in [-0.4, -0.2) is 24.1 Å². The fraction of sp³-hybridized carbons (Fsp3) is 0.444. The van der Waals surface area contributed by atoms with Crippen LogP contribution in [-0.2, 0) is 6.54 Å². The summed E-state index contributed by atoms with van der Waals surface area (Å²) in [6.45, 7) is 9.16. The van der Waals surface area contributed by atoms with Gasteiger partial charge < -0.3 is 10.2 Å². The summed E-state index contributed by atoms with van der Waals surface area (Å²) in [7, 11) is 4.12. The number of anilines is 2. The van der Waals surface area contributed by atoms with Crippen molar-refractivity contribution in [1.82, 2.24) is 9.97 Å². The Morgan fingerprint density at radius 3 is 2.41 bits per heavy atom. The third-order valence-electron chi connectivity index (χ3n) is 3.69. The molecule has 0 aliphatic heterocycles. The fourth-order valence-corrected chi connectivity index (χ4v) is 2.28. The molecule has 4 heteroatoms. The molecule has 2 aromatic rings. The van der Waals surface area contributed by atoms with Crippen LogP contribution in [0.4, 0.5) is 11.5 Å². The number of aryl methyl sites for hydroxylation is 2. The maximum absolute atomic E-state index is 4.59. The predicted octanol–water partition coefficient (Wildman–Crippen LogP) is 3.89. The van der Waals surface area contributed by atoms with Crippen molar-refractivity contribution in [3.63, 3.8) is 0 Å². The average Bonchev–Trinajstić information content (AvgIpc) is 2.45. The van der Waals surface area contributed by atoms with E-state index in [4.69, 9.17) is 0 Å². The van der Waals surface area contributed by atoms with Crippen molar-refractivity contribution in [2.45, 2.75) is 40.2 Å². The van der Waals surface area contributed by atoms with Crippen LogP contribution in [0.25, 0.3) is 0 Å². The summed E-state index contributed by atoms with van der Waals surface area (Å²) in [5.74, 6) is 2.12. The number of nitrogens with zero attached hydrogens (tertiary/aromatic N) is 3. The second-order valence-electron chi connectivity index (χ2n) is 6.27. The first-order chi connectivity index (χ1) is 10.4. The Morgan fingerprint density at radius 1 is 1.09 bits per heavy atom. The Bertz CT molecular complexity index is 648. The molecule has 0 amide bonds. The fourth-order valence-electron chi connectivity index (χ4n) is 2.28. The molecular formula is C18H26N4. The van der Waals surface area contributed by atoms with Crippen LogP contribution >= 0.6 is 0 Å². The molecule has 0 radical (unpaired) electrons. The Hall–Kier alpha value is -2.10. The van der Waals surface area contributed by atoms with E-state index < -0.39 is 0 Å². The second-order valence-corrected chi connectivity index (χ2v) is 6.27. The highest BCUT2D eigenvalue weighted by Crippen LogP contribution is 2.19. The summed E-state index contributed by atoms with van der Waals surface area (Å²) in [5.41, 5.74) is 4.80. The Kier molecular flexibility index (Phi) is 5.01. The number of rotatable bonds is 5. The highest BCUT2D eigenvalue weighted by atomic mass is 15.1. The number of hydrogen-bond donors (Lipinski definition) is 1. The Morgan fingerprint density at radius 2 is 1.82 bits per heavy atom. The van der Waals surface area contributed by atoms with Crippen molar-refractivity contribution >= 4 is 11.5 Å². The molecule has 0 atom stereocenters. The van der Waals surface area contributed by atoms with Gasteiger partial charge in [0.05, 0.1) is 0 Å². The maximum atomic E-state index is 4.59. The summed E-state index contributed by atoms with van der Waals surface area (Å²) in [6.07, 6.45) is 0. The van der Waals surface area contributed by atoms with E-state index in [1.54, 1.807) is 0 Å². The van der Waals surface area contributed by atoms with Crippen LogP contribution in [0.1, 0.15) is 42.4 Å². The maximum Gasteiger partial charge on any atom is 0.133 e.